The van der Waals surface area contributed by atoms with Gasteiger partial charge in [-0.3, -0.25) is 4.79 Å². The minimum absolute atomic E-state index is 0.106. The van der Waals surface area contributed by atoms with Crippen LogP contribution >= 0.6 is 11.6 Å². The molecule has 0 aliphatic carbocycles. The average molecular weight is 404 g/mol. The molecule has 148 valence electrons. The van der Waals surface area contributed by atoms with Crippen molar-refractivity contribution >= 4 is 29.2 Å². The van der Waals surface area contributed by atoms with Crippen molar-refractivity contribution < 1.29 is 23.8 Å². The second-order valence-corrected chi connectivity index (χ2v) is 7.06. The fourth-order valence-corrected chi connectivity index (χ4v) is 3.33. The summed E-state index contributed by atoms with van der Waals surface area (Å²) in [5.41, 5.74) is 2.16. The summed E-state index contributed by atoms with van der Waals surface area (Å²) in [6.07, 6.45) is 0.685. The first-order chi connectivity index (χ1) is 13.4. The Morgan fingerprint density at radius 1 is 1.21 bits per heavy atom. The number of ether oxygens (including phenoxy) is 3. The SMILES string of the molecule is COc1cc(C(=O)OCC(=O)N2CCc3ccccc32)cc(Cl)c1OC(C)C. The molecule has 6 nitrogen and oxygen atoms in total. The maximum atomic E-state index is 12.5. The van der Waals surface area contributed by atoms with Crippen molar-refractivity contribution in [2.24, 2.45) is 0 Å². The highest BCUT2D eigenvalue weighted by Gasteiger charge is 2.25. The van der Waals surface area contributed by atoms with Gasteiger partial charge in [-0.1, -0.05) is 29.8 Å². The zero-order valence-electron chi connectivity index (χ0n) is 16.0. The number of nitrogens with zero attached hydrogens (tertiary/aromatic N) is 1. The third-order valence-electron chi connectivity index (χ3n) is 4.33. The summed E-state index contributed by atoms with van der Waals surface area (Å²) in [4.78, 5) is 26.5. The molecule has 7 heteroatoms. The van der Waals surface area contributed by atoms with Gasteiger partial charge in [-0.25, -0.2) is 4.79 Å². The Morgan fingerprint density at radius 3 is 2.68 bits per heavy atom. The summed E-state index contributed by atoms with van der Waals surface area (Å²) in [7, 11) is 1.46. The second kappa shape index (κ2) is 8.52. The Hall–Kier alpha value is -2.73. The zero-order valence-corrected chi connectivity index (χ0v) is 16.8. The Kier molecular flexibility index (Phi) is 6.09. The number of benzene rings is 2. The number of para-hydroxylation sites is 1. The number of anilines is 1. The molecule has 1 aliphatic heterocycles. The number of esters is 1. The molecule has 0 aromatic heterocycles. The zero-order chi connectivity index (χ0) is 20.3. The summed E-state index contributed by atoms with van der Waals surface area (Å²) in [6, 6.07) is 10.6. The van der Waals surface area contributed by atoms with Crippen LogP contribution in [0.5, 0.6) is 11.5 Å². The Bertz CT molecular complexity index is 896. The number of fused-ring (bicyclic) bond motifs is 1. The van der Waals surface area contributed by atoms with Gasteiger partial charge in [-0.05, 0) is 44.0 Å². The monoisotopic (exact) mass is 403 g/mol. The van der Waals surface area contributed by atoms with Gasteiger partial charge in [0.15, 0.2) is 18.1 Å². The molecular formula is C21H22ClNO5. The molecule has 0 bridgehead atoms. The summed E-state index contributed by atoms with van der Waals surface area (Å²) in [5.74, 6) is -0.235. The summed E-state index contributed by atoms with van der Waals surface area (Å²) < 4.78 is 16.1. The van der Waals surface area contributed by atoms with Crippen LogP contribution in [0, 0.1) is 0 Å². The minimum atomic E-state index is -0.655. The van der Waals surface area contributed by atoms with E-state index < -0.39 is 5.97 Å². The molecule has 2 aromatic carbocycles. The number of rotatable bonds is 6. The second-order valence-electron chi connectivity index (χ2n) is 6.66. The van der Waals surface area contributed by atoms with Crippen LogP contribution in [-0.2, 0) is 16.0 Å². The van der Waals surface area contributed by atoms with Crippen molar-refractivity contribution in [2.75, 3.05) is 25.2 Å². The number of hydrogen-bond acceptors (Lipinski definition) is 5. The third kappa shape index (κ3) is 4.22. The van der Waals surface area contributed by atoms with Gasteiger partial charge in [-0.2, -0.15) is 0 Å². The number of carbonyl (C=O) groups excluding carboxylic acids is 2. The van der Waals surface area contributed by atoms with Crippen molar-refractivity contribution in [3.63, 3.8) is 0 Å². The highest BCUT2D eigenvalue weighted by molar-refractivity contribution is 6.32. The van der Waals surface area contributed by atoms with Crippen molar-refractivity contribution in [3.05, 3.63) is 52.5 Å². The smallest absolute Gasteiger partial charge is 0.338 e. The van der Waals surface area contributed by atoms with Crippen LogP contribution in [0.2, 0.25) is 5.02 Å². The molecule has 1 aliphatic rings. The van der Waals surface area contributed by atoms with Gasteiger partial charge in [-0.15, -0.1) is 0 Å². The lowest BCUT2D eigenvalue weighted by molar-refractivity contribution is -0.121. The van der Waals surface area contributed by atoms with E-state index in [-0.39, 0.29) is 29.2 Å². The Balaban J connectivity index is 1.68. The lowest BCUT2D eigenvalue weighted by Gasteiger charge is -2.18. The third-order valence-corrected chi connectivity index (χ3v) is 4.61. The first-order valence-electron chi connectivity index (χ1n) is 9.00. The highest BCUT2D eigenvalue weighted by atomic mass is 35.5. The van der Waals surface area contributed by atoms with Crippen LogP contribution in [0.1, 0.15) is 29.8 Å². The average Bonchev–Trinajstić information content (AvgIpc) is 3.11. The molecule has 1 heterocycles. The molecule has 0 unspecified atom stereocenters. The molecular weight excluding hydrogens is 382 g/mol. The van der Waals surface area contributed by atoms with Crippen LogP contribution in [0.15, 0.2) is 36.4 Å². The summed E-state index contributed by atoms with van der Waals surface area (Å²) in [5, 5.41) is 0.236. The quantitative estimate of drug-likeness (QED) is 0.685. The molecule has 2 aromatic rings. The molecule has 0 atom stereocenters. The molecule has 0 fully saturated rings. The van der Waals surface area contributed by atoms with Crippen LogP contribution in [0.25, 0.3) is 0 Å². The lowest BCUT2D eigenvalue weighted by atomic mass is 10.2. The fourth-order valence-electron chi connectivity index (χ4n) is 3.07. The van der Waals surface area contributed by atoms with Crippen molar-refractivity contribution in [3.8, 4) is 11.5 Å². The summed E-state index contributed by atoms with van der Waals surface area (Å²) >= 11 is 6.24. The number of carbonyl (C=O) groups is 2. The van der Waals surface area contributed by atoms with Crippen molar-refractivity contribution in [1.29, 1.82) is 0 Å². The Morgan fingerprint density at radius 2 is 1.96 bits per heavy atom. The van der Waals surface area contributed by atoms with E-state index in [4.69, 9.17) is 25.8 Å². The maximum absolute atomic E-state index is 12.5. The molecule has 28 heavy (non-hydrogen) atoms. The Labute approximate surface area is 168 Å². The number of amides is 1. The molecule has 0 radical (unpaired) electrons. The normalized spacial score (nSPS) is 12.7. The van der Waals surface area contributed by atoms with Gasteiger partial charge in [0, 0.05) is 12.2 Å². The first-order valence-corrected chi connectivity index (χ1v) is 9.38. The predicted octanol–water partition coefficient (Wildman–Crippen LogP) is 3.88. The van der Waals surface area contributed by atoms with Gasteiger partial charge < -0.3 is 19.1 Å². The standard InChI is InChI=1S/C21H22ClNO5/c1-13(2)28-20-16(22)10-15(11-18(20)26-3)21(25)27-12-19(24)23-9-8-14-6-4-5-7-17(14)23/h4-7,10-11,13H,8-9,12H2,1-3H3. The van der Waals surface area contributed by atoms with Crippen LogP contribution in [0.4, 0.5) is 5.69 Å². The largest absolute Gasteiger partial charge is 0.493 e. The van der Waals surface area contributed by atoms with Gasteiger partial charge in [0.05, 0.1) is 23.8 Å². The molecule has 3 rings (SSSR count). The van der Waals surface area contributed by atoms with Gasteiger partial charge in [0.1, 0.15) is 0 Å². The first kappa shape index (κ1) is 20.0. The lowest BCUT2D eigenvalue weighted by Crippen LogP contribution is -2.33. The molecule has 0 N–H and O–H groups in total. The van der Waals surface area contributed by atoms with E-state index in [1.165, 1.54) is 19.2 Å². The summed E-state index contributed by atoms with van der Waals surface area (Å²) in [6.45, 7) is 3.95. The number of hydrogen-bond donors (Lipinski definition) is 0. The molecule has 1 amide bonds. The number of methoxy groups -OCH3 is 1. The highest BCUT2D eigenvalue weighted by Crippen LogP contribution is 2.37. The molecule has 0 saturated heterocycles. The minimum Gasteiger partial charge on any atom is -0.493 e. The van der Waals surface area contributed by atoms with Gasteiger partial charge >= 0.3 is 5.97 Å². The van der Waals surface area contributed by atoms with E-state index in [0.29, 0.717) is 18.0 Å². The predicted molar refractivity (Wildman–Crippen MR) is 107 cm³/mol. The van der Waals surface area contributed by atoms with Crippen molar-refractivity contribution in [1.82, 2.24) is 0 Å². The van der Waals surface area contributed by atoms with Crippen molar-refractivity contribution in [2.45, 2.75) is 26.4 Å². The van der Waals surface area contributed by atoms with Gasteiger partial charge in [0.2, 0.25) is 0 Å². The van der Waals surface area contributed by atoms with E-state index in [1.54, 1.807) is 4.90 Å². The van der Waals surface area contributed by atoms with E-state index >= 15 is 0 Å². The van der Waals surface area contributed by atoms with E-state index in [1.807, 2.05) is 38.1 Å². The number of halogens is 1. The van der Waals surface area contributed by atoms with E-state index in [2.05, 4.69) is 0 Å². The topological polar surface area (TPSA) is 65.1 Å². The van der Waals surface area contributed by atoms with Crippen LogP contribution in [-0.4, -0.2) is 38.2 Å². The fraction of sp³-hybridized carbons (Fsp3) is 0.333. The van der Waals surface area contributed by atoms with Gasteiger partial charge in [0.25, 0.3) is 5.91 Å². The van der Waals surface area contributed by atoms with Crippen LogP contribution in [0.3, 0.4) is 0 Å². The van der Waals surface area contributed by atoms with Crippen LogP contribution < -0.4 is 14.4 Å². The van der Waals surface area contributed by atoms with E-state index in [0.717, 1.165) is 17.7 Å². The maximum Gasteiger partial charge on any atom is 0.338 e. The molecule has 0 spiro atoms. The molecule has 0 saturated carbocycles. The van der Waals surface area contributed by atoms with E-state index in [9.17, 15) is 9.59 Å².